The third-order valence-corrected chi connectivity index (χ3v) is 2.71. The van der Waals surface area contributed by atoms with Crippen molar-refractivity contribution in [2.24, 2.45) is 4.99 Å². The van der Waals surface area contributed by atoms with Crippen molar-refractivity contribution in [2.45, 2.75) is 0 Å². The molecule has 5 nitrogen and oxygen atoms in total. The number of nitrogens with zero attached hydrogens (tertiary/aromatic N) is 1. The summed E-state index contributed by atoms with van der Waals surface area (Å²) >= 11 is 0. The van der Waals surface area contributed by atoms with Crippen molar-refractivity contribution >= 4 is 32.5 Å². The molecule has 0 unspecified atom stereocenters. The molecule has 0 fully saturated rings. The highest BCUT2D eigenvalue weighted by atomic mass is 32.2. The Morgan fingerprint density at radius 2 is 1.93 bits per heavy atom. The van der Waals surface area contributed by atoms with Crippen LogP contribution in [0, 0.1) is 0 Å². The van der Waals surface area contributed by atoms with Gasteiger partial charge in [-0.3, -0.25) is 0 Å². The number of fused-ring (bicyclic) bond motifs is 1. The van der Waals surface area contributed by atoms with Gasteiger partial charge in [0.05, 0.1) is 5.69 Å². The zero-order chi connectivity index (χ0) is 11.0. The second-order valence-corrected chi connectivity index (χ2v) is 3.72. The standard InChI is InChI=1S/C9H5NO4S/c11-9(12)7-8(15(13)14)5-3-1-2-4-6(5)10-7/h1-4H,(H,11,12). The van der Waals surface area contributed by atoms with Gasteiger partial charge >= 0.3 is 5.97 Å². The Labute approximate surface area is 86.2 Å². The number of carboxylic acids is 1. The Hall–Kier alpha value is -1.95. The molecule has 1 aliphatic heterocycles. The van der Waals surface area contributed by atoms with Crippen molar-refractivity contribution in [3.63, 3.8) is 0 Å². The summed E-state index contributed by atoms with van der Waals surface area (Å²) in [5, 5.41) is 8.78. The first-order chi connectivity index (χ1) is 7.11. The van der Waals surface area contributed by atoms with Crippen LogP contribution in [0.4, 0.5) is 5.69 Å². The van der Waals surface area contributed by atoms with Crippen molar-refractivity contribution in [3.05, 3.63) is 29.8 Å². The topological polar surface area (TPSA) is 83.8 Å². The van der Waals surface area contributed by atoms with Crippen LogP contribution in [0.25, 0.3) is 0 Å². The number of aliphatic carboxylic acids is 1. The molecule has 0 radical (unpaired) electrons. The lowest BCUT2D eigenvalue weighted by molar-refractivity contribution is -0.129. The molecule has 2 rings (SSSR count). The van der Waals surface area contributed by atoms with Crippen molar-refractivity contribution < 1.29 is 18.3 Å². The third kappa shape index (κ3) is 1.44. The van der Waals surface area contributed by atoms with Gasteiger partial charge in [-0.25, -0.2) is 9.79 Å². The molecule has 0 amide bonds. The molecule has 6 heteroatoms. The van der Waals surface area contributed by atoms with Gasteiger partial charge in [0.1, 0.15) is 4.86 Å². The minimum atomic E-state index is -2.60. The minimum absolute atomic E-state index is 0.252. The molecule has 0 bridgehead atoms. The monoisotopic (exact) mass is 223 g/mol. The summed E-state index contributed by atoms with van der Waals surface area (Å²) in [6, 6.07) is 6.39. The molecule has 0 aliphatic carbocycles. The Balaban J connectivity index is 2.80. The van der Waals surface area contributed by atoms with E-state index >= 15 is 0 Å². The summed E-state index contributed by atoms with van der Waals surface area (Å²) in [5.41, 5.74) is 0.280. The molecule has 1 N–H and O–H groups in total. The van der Waals surface area contributed by atoms with E-state index in [0.29, 0.717) is 11.3 Å². The predicted molar refractivity (Wildman–Crippen MR) is 54.2 cm³/mol. The smallest absolute Gasteiger partial charge is 0.356 e. The number of benzene rings is 1. The van der Waals surface area contributed by atoms with E-state index in [9.17, 15) is 13.2 Å². The lowest BCUT2D eigenvalue weighted by Crippen LogP contribution is -2.21. The third-order valence-electron chi connectivity index (χ3n) is 1.97. The maximum Gasteiger partial charge on any atom is 0.356 e. The van der Waals surface area contributed by atoms with Crippen LogP contribution in [0.15, 0.2) is 29.3 Å². The number of carboxylic acid groups (broad SMARTS) is 1. The molecule has 1 aliphatic rings. The van der Waals surface area contributed by atoms with E-state index < -0.39 is 22.0 Å². The summed E-state index contributed by atoms with van der Waals surface area (Å²) in [7, 11) is -2.60. The van der Waals surface area contributed by atoms with Crippen LogP contribution in [-0.2, 0) is 15.1 Å². The van der Waals surface area contributed by atoms with Crippen molar-refractivity contribution in [1.82, 2.24) is 0 Å². The molecule has 0 saturated heterocycles. The van der Waals surface area contributed by atoms with E-state index in [1.165, 1.54) is 6.07 Å². The fourth-order valence-electron chi connectivity index (χ4n) is 1.38. The molecular weight excluding hydrogens is 218 g/mol. The number of rotatable bonds is 1. The summed E-state index contributed by atoms with van der Waals surface area (Å²) in [6.45, 7) is 0. The Bertz CT molecular complexity index is 605. The van der Waals surface area contributed by atoms with Gasteiger partial charge < -0.3 is 5.11 Å². The van der Waals surface area contributed by atoms with Crippen LogP contribution in [0.1, 0.15) is 5.56 Å². The molecule has 0 aromatic heterocycles. The highest BCUT2D eigenvalue weighted by molar-refractivity contribution is 7.75. The average molecular weight is 223 g/mol. The van der Waals surface area contributed by atoms with Crippen LogP contribution in [0.5, 0.6) is 0 Å². The van der Waals surface area contributed by atoms with Gasteiger partial charge in [-0.05, 0) is 6.07 Å². The summed E-state index contributed by atoms with van der Waals surface area (Å²) in [4.78, 5) is 14.2. The van der Waals surface area contributed by atoms with Crippen LogP contribution in [0.2, 0.25) is 0 Å². The minimum Gasteiger partial charge on any atom is -0.476 e. The maximum atomic E-state index is 10.9. The summed E-state index contributed by atoms with van der Waals surface area (Å²) in [5.74, 6) is -1.34. The Morgan fingerprint density at radius 3 is 2.53 bits per heavy atom. The molecule has 76 valence electrons. The van der Waals surface area contributed by atoms with Gasteiger partial charge in [-0.2, -0.15) is 8.42 Å². The second kappa shape index (κ2) is 3.32. The molecule has 1 aromatic carbocycles. The van der Waals surface area contributed by atoms with E-state index in [4.69, 9.17) is 5.11 Å². The van der Waals surface area contributed by atoms with Gasteiger partial charge in [0.15, 0.2) is 5.71 Å². The van der Waals surface area contributed by atoms with Gasteiger partial charge in [-0.1, -0.05) is 18.2 Å². The van der Waals surface area contributed by atoms with Crippen LogP contribution < -0.4 is 0 Å². The van der Waals surface area contributed by atoms with Crippen molar-refractivity contribution in [2.75, 3.05) is 0 Å². The van der Waals surface area contributed by atoms with E-state index in [1.54, 1.807) is 18.2 Å². The highest BCUT2D eigenvalue weighted by Crippen LogP contribution is 2.26. The second-order valence-electron chi connectivity index (χ2n) is 2.85. The maximum absolute atomic E-state index is 10.9. The van der Waals surface area contributed by atoms with Crippen LogP contribution in [-0.4, -0.2) is 30.1 Å². The first-order valence-corrected chi connectivity index (χ1v) is 5.06. The number of para-hydroxylation sites is 1. The zero-order valence-electron chi connectivity index (χ0n) is 7.34. The fourth-order valence-corrected chi connectivity index (χ4v) is 2.02. The largest absolute Gasteiger partial charge is 0.476 e. The van der Waals surface area contributed by atoms with E-state index in [1.807, 2.05) is 0 Å². The first-order valence-electron chi connectivity index (χ1n) is 3.99. The predicted octanol–water partition coefficient (Wildman–Crippen LogP) is 0.257. The van der Waals surface area contributed by atoms with Gasteiger partial charge in [0, 0.05) is 5.56 Å². The first kappa shape index (κ1) is 9.60. The molecular formula is C9H5NO4S. The number of hydrogen-bond donors (Lipinski definition) is 1. The Morgan fingerprint density at radius 1 is 1.27 bits per heavy atom. The SMILES string of the molecule is O=C(O)C1=Nc2ccccc2C1=S(=O)=O. The fraction of sp³-hybridized carbons (Fsp3) is 0. The lowest BCUT2D eigenvalue weighted by atomic mass is 10.1. The highest BCUT2D eigenvalue weighted by Gasteiger charge is 2.28. The average Bonchev–Trinajstić information content (AvgIpc) is 2.56. The van der Waals surface area contributed by atoms with Gasteiger partial charge in [0.2, 0.25) is 10.3 Å². The van der Waals surface area contributed by atoms with Crippen LogP contribution >= 0.6 is 0 Å². The summed E-state index contributed by atoms with van der Waals surface area (Å²) in [6.07, 6.45) is 0. The normalized spacial score (nSPS) is 13.3. The van der Waals surface area contributed by atoms with Crippen LogP contribution in [0.3, 0.4) is 0 Å². The molecule has 0 spiro atoms. The van der Waals surface area contributed by atoms with E-state index in [2.05, 4.69) is 4.99 Å². The quantitative estimate of drug-likeness (QED) is 0.692. The molecule has 0 atom stereocenters. The van der Waals surface area contributed by atoms with Crippen molar-refractivity contribution in [1.29, 1.82) is 0 Å². The van der Waals surface area contributed by atoms with E-state index in [-0.39, 0.29) is 4.86 Å². The molecule has 1 aromatic rings. The Kier molecular flexibility index (Phi) is 2.12. The lowest BCUT2D eigenvalue weighted by Gasteiger charge is -1.93. The van der Waals surface area contributed by atoms with Gasteiger partial charge in [0.25, 0.3) is 0 Å². The molecule has 15 heavy (non-hydrogen) atoms. The van der Waals surface area contributed by atoms with Gasteiger partial charge in [-0.15, -0.1) is 0 Å². The molecule has 1 heterocycles. The van der Waals surface area contributed by atoms with Crippen molar-refractivity contribution in [3.8, 4) is 0 Å². The van der Waals surface area contributed by atoms with E-state index in [0.717, 1.165) is 0 Å². The molecule has 0 saturated carbocycles. The zero-order valence-corrected chi connectivity index (χ0v) is 8.15. The number of carbonyl (C=O) groups is 1. The number of aliphatic imine (C=N–C) groups is 1. The summed E-state index contributed by atoms with van der Waals surface area (Å²) < 4.78 is 21.8. The number of hydrogen-bond acceptors (Lipinski definition) is 4.